The summed E-state index contributed by atoms with van der Waals surface area (Å²) in [5.41, 5.74) is 1.04. The number of carbonyl (C=O) groups is 2. The summed E-state index contributed by atoms with van der Waals surface area (Å²) in [6, 6.07) is 5.57. The summed E-state index contributed by atoms with van der Waals surface area (Å²) in [7, 11) is 1.54. The molecule has 8 heteroatoms. The molecule has 0 N–H and O–H groups in total. The number of aromatic nitrogens is 2. The Kier molecular flexibility index (Phi) is 3.96. The van der Waals surface area contributed by atoms with E-state index in [9.17, 15) is 9.59 Å². The standard InChI is InChI=1S/C17H17N5O2S/c1-20-15(23)13(12-4-2-11-25-12)14(16(20)24)21-7-9-22(10-8-21)17-18-5-3-6-19-17/h2-6,11H,7-10H2,1H3. The molecule has 1 fully saturated rings. The molecule has 4 heterocycles. The van der Waals surface area contributed by atoms with Gasteiger partial charge in [-0.3, -0.25) is 14.5 Å². The molecule has 2 aliphatic heterocycles. The molecule has 128 valence electrons. The smallest absolute Gasteiger partial charge is 0.277 e. The van der Waals surface area contributed by atoms with Crippen LogP contribution in [0.5, 0.6) is 0 Å². The highest BCUT2D eigenvalue weighted by Crippen LogP contribution is 2.33. The number of nitrogens with zero attached hydrogens (tertiary/aromatic N) is 5. The number of rotatable bonds is 3. The van der Waals surface area contributed by atoms with Crippen LogP contribution in [-0.4, -0.2) is 64.8 Å². The Morgan fingerprint density at radius 2 is 1.64 bits per heavy atom. The maximum atomic E-state index is 12.6. The van der Waals surface area contributed by atoms with Crippen molar-refractivity contribution in [3.05, 3.63) is 46.5 Å². The van der Waals surface area contributed by atoms with Crippen LogP contribution in [0.25, 0.3) is 5.57 Å². The lowest BCUT2D eigenvalue weighted by molar-refractivity contribution is -0.135. The van der Waals surface area contributed by atoms with Gasteiger partial charge in [0, 0.05) is 50.5 Å². The van der Waals surface area contributed by atoms with E-state index < -0.39 is 0 Å². The van der Waals surface area contributed by atoms with Gasteiger partial charge < -0.3 is 9.80 Å². The van der Waals surface area contributed by atoms with Gasteiger partial charge in [-0.15, -0.1) is 11.3 Å². The quantitative estimate of drug-likeness (QED) is 0.767. The van der Waals surface area contributed by atoms with Crippen LogP contribution in [0.4, 0.5) is 5.95 Å². The lowest BCUT2D eigenvalue weighted by Gasteiger charge is -2.36. The minimum Gasteiger partial charge on any atom is -0.363 e. The molecule has 2 aliphatic rings. The SMILES string of the molecule is CN1C(=O)C(c2cccs2)=C(N2CCN(c3ncccn3)CC2)C1=O. The van der Waals surface area contributed by atoms with Crippen molar-refractivity contribution in [1.82, 2.24) is 19.8 Å². The third-order valence-corrected chi connectivity index (χ3v) is 5.35. The highest BCUT2D eigenvalue weighted by atomic mass is 32.1. The monoisotopic (exact) mass is 355 g/mol. The Labute approximate surface area is 149 Å². The molecule has 0 aromatic carbocycles. The van der Waals surface area contributed by atoms with Crippen molar-refractivity contribution in [2.45, 2.75) is 0 Å². The number of piperazine rings is 1. The van der Waals surface area contributed by atoms with Gasteiger partial charge in [0.15, 0.2) is 0 Å². The van der Waals surface area contributed by atoms with Gasteiger partial charge in [0.05, 0.1) is 5.57 Å². The number of carbonyl (C=O) groups excluding carboxylic acids is 2. The van der Waals surface area contributed by atoms with Crippen LogP contribution in [0.1, 0.15) is 4.88 Å². The highest BCUT2D eigenvalue weighted by molar-refractivity contribution is 7.11. The zero-order valence-electron chi connectivity index (χ0n) is 13.8. The predicted molar refractivity (Wildman–Crippen MR) is 94.8 cm³/mol. The van der Waals surface area contributed by atoms with Crippen LogP contribution in [-0.2, 0) is 9.59 Å². The van der Waals surface area contributed by atoms with Crippen LogP contribution in [0, 0.1) is 0 Å². The van der Waals surface area contributed by atoms with Gasteiger partial charge in [0.2, 0.25) is 5.95 Å². The van der Waals surface area contributed by atoms with Gasteiger partial charge in [0.25, 0.3) is 11.8 Å². The fraction of sp³-hybridized carbons (Fsp3) is 0.294. The van der Waals surface area contributed by atoms with Crippen molar-refractivity contribution in [2.24, 2.45) is 0 Å². The van der Waals surface area contributed by atoms with Gasteiger partial charge in [-0.1, -0.05) is 6.07 Å². The minimum atomic E-state index is -0.226. The Morgan fingerprint density at radius 3 is 2.28 bits per heavy atom. The first-order valence-electron chi connectivity index (χ1n) is 8.04. The summed E-state index contributed by atoms with van der Waals surface area (Å²) >= 11 is 1.48. The molecule has 1 saturated heterocycles. The molecule has 0 radical (unpaired) electrons. The number of likely N-dealkylation sites (N-methyl/N-ethyl adjacent to an activating group) is 1. The summed E-state index contributed by atoms with van der Waals surface area (Å²) in [6.45, 7) is 2.71. The Hall–Kier alpha value is -2.74. The molecule has 7 nitrogen and oxygen atoms in total. The second-order valence-electron chi connectivity index (χ2n) is 5.89. The molecule has 2 amide bonds. The Balaban J connectivity index is 1.60. The van der Waals surface area contributed by atoms with Gasteiger partial charge in [0.1, 0.15) is 5.70 Å². The zero-order valence-corrected chi connectivity index (χ0v) is 14.6. The lowest BCUT2D eigenvalue weighted by atomic mass is 10.1. The number of hydrogen-bond donors (Lipinski definition) is 0. The molecule has 0 bridgehead atoms. The van der Waals surface area contributed by atoms with Gasteiger partial charge in [-0.2, -0.15) is 0 Å². The van der Waals surface area contributed by atoms with Crippen LogP contribution >= 0.6 is 11.3 Å². The highest BCUT2D eigenvalue weighted by Gasteiger charge is 2.40. The van der Waals surface area contributed by atoms with Crippen molar-refractivity contribution in [1.29, 1.82) is 0 Å². The van der Waals surface area contributed by atoms with E-state index in [2.05, 4.69) is 14.9 Å². The molecule has 2 aromatic heterocycles. The summed E-state index contributed by atoms with van der Waals surface area (Å²) in [6.07, 6.45) is 3.44. The van der Waals surface area contributed by atoms with Crippen LogP contribution in [0.3, 0.4) is 0 Å². The average molecular weight is 355 g/mol. The van der Waals surface area contributed by atoms with Crippen molar-refractivity contribution < 1.29 is 9.59 Å². The van der Waals surface area contributed by atoms with Gasteiger partial charge in [-0.25, -0.2) is 9.97 Å². The number of hydrogen-bond acceptors (Lipinski definition) is 7. The maximum absolute atomic E-state index is 12.6. The Morgan fingerprint density at radius 1 is 0.960 bits per heavy atom. The first-order valence-corrected chi connectivity index (χ1v) is 8.92. The minimum absolute atomic E-state index is 0.224. The summed E-state index contributed by atoms with van der Waals surface area (Å²) in [5.74, 6) is 0.245. The molecule has 4 rings (SSSR count). The van der Waals surface area contributed by atoms with E-state index in [-0.39, 0.29) is 11.8 Å². The molecule has 0 atom stereocenters. The van der Waals surface area contributed by atoms with Crippen LogP contribution in [0.15, 0.2) is 41.7 Å². The second kappa shape index (κ2) is 6.29. The normalized spacial score (nSPS) is 18.5. The molecule has 25 heavy (non-hydrogen) atoms. The third-order valence-electron chi connectivity index (χ3n) is 4.46. The number of imide groups is 1. The fourth-order valence-corrected chi connectivity index (χ4v) is 3.91. The zero-order chi connectivity index (χ0) is 17.4. The molecule has 0 spiro atoms. The fourth-order valence-electron chi connectivity index (χ4n) is 3.15. The Bertz CT molecular complexity index is 826. The molecular weight excluding hydrogens is 338 g/mol. The van der Waals surface area contributed by atoms with Crippen molar-refractivity contribution in [3.8, 4) is 0 Å². The van der Waals surface area contributed by atoms with Crippen molar-refractivity contribution in [3.63, 3.8) is 0 Å². The van der Waals surface area contributed by atoms with Crippen LogP contribution < -0.4 is 4.90 Å². The second-order valence-corrected chi connectivity index (χ2v) is 6.84. The van der Waals surface area contributed by atoms with E-state index in [1.165, 1.54) is 16.2 Å². The third kappa shape index (κ3) is 2.68. The summed E-state index contributed by atoms with van der Waals surface area (Å²) in [4.78, 5) is 39.9. The number of thiophene rings is 1. The molecule has 0 aliphatic carbocycles. The average Bonchev–Trinajstić information content (AvgIpc) is 3.26. The van der Waals surface area contributed by atoms with E-state index in [1.807, 2.05) is 22.4 Å². The van der Waals surface area contributed by atoms with E-state index in [0.717, 1.165) is 4.88 Å². The lowest BCUT2D eigenvalue weighted by Crippen LogP contribution is -2.48. The first kappa shape index (κ1) is 15.8. The number of anilines is 1. The summed E-state index contributed by atoms with van der Waals surface area (Å²) < 4.78 is 0. The van der Waals surface area contributed by atoms with E-state index in [4.69, 9.17) is 0 Å². The van der Waals surface area contributed by atoms with E-state index in [1.54, 1.807) is 25.5 Å². The largest absolute Gasteiger partial charge is 0.363 e. The van der Waals surface area contributed by atoms with Crippen LogP contribution in [0.2, 0.25) is 0 Å². The number of amides is 2. The predicted octanol–water partition coefficient (Wildman–Crippen LogP) is 1.07. The molecular formula is C17H17N5O2S. The summed E-state index contributed by atoms with van der Waals surface area (Å²) in [5, 5.41) is 1.92. The topological polar surface area (TPSA) is 69.6 Å². The van der Waals surface area contributed by atoms with Gasteiger partial charge in [-0.05, 0) is 17.5 Å². The molecule has 0 unspecified atom stereocenters. The van der Waals surface area contributed by atoms with Crippen molar-refractivity contribution >= 4 is 34.7 Å². The van der Waals surface area contributed by atoms with Gasteiger partial charge >= 0.3 is 0 Å². The maximum Gasteiger partial charge on any atom is 0.277 e. The first-order chi connectivity index (χ1) is 12.2. The van der Waals surface area contributed by atoms with E-state index in [0.29, 0.717) is 43.4 Å². The van der Waals surface area contributed by atoms with Crippen molar-refractivity contribution in [2.75, 3.05) is 38.1 Å². The van der Waals surface area contributed by atoms with E-state index >= 15 is 0 Å². The molecule has 2 aromatic rings. The molecule has 0 saturated carbocycles.